The molecule has 1 N–H and O–H groups in total. The van der Waals surface area contributed by atoms with Crippen molar-refractivity contribution in [1.29, 1.82) is 0 Å². The van der Waals surface area contributed by atoms with Crippen molar-refractivity contribution < 1.29 is 9.18 Å². The van der Waals surface area contributed by atoms with E-state index in [9.17, 15) is 9.18 Å². The molecule has 29 heavy (non-hydrogen) atoms. The van der Waals surface area contributed by atoms with E-state index in [0.29, 0.717) is 30.0 Å². The van der Waals surface area contributed by atoms with Crippen molar-refractivity contribution in [2.75, 3.05) is 11.9 Å². The molecule has 1 aliphatic rings. The van der Waals surface area contributed by atoms with Crippen LogP contribution in [0.2, 0.25) is 0 Å². The lowest BCUT2D eigenvalue weighted by Crippen LogP contribution is -2.22. The molecule has 148 valence electrons. The zero-order valence-electron chi connectivity index (χ0n) is 16.9. The molecule has 0 aliphatic carbocycles. The number of carbonyl (C=O) groups excluding carboxylic acids is 1. The highest BCUT2D eigenvalue weighted by Gasteiger charge is 2.29. The van der Waals surface area contributed by atoms with Crippen molar-refractivity contribution in [2.45, 2.75) is 33.4 Å². The largest absolute Gasteiger partial charge is 0.363 e. The lowest BCUT2D eigenvalue weighted by atomic mass is 9.99. The molecule has 3 aromatic rings. The molecule has 1 amide bonds. The highest BCUT2D eigenvalue weighted by atomic mass is 19.1. The Morgan fingerprint density at radius 2 is 1.90 bits per heavy atom. The van der Waals surface area contributed by atoms with Crippen LogP contribution in [0, 0.1) is 12.7 Å². The van der Waals surface area contributed by atoms with Crippen molar-refractivity contribution >= 4 is 11.7 Å². The zero-order chi connectivity index (χ0) is 20.5. The van der Waals surface area contributed by atoms with E-state index in [1.54, 1.807) is 23.2 Å². The molecule has 4 nitrogen and oxygen atoms in total. The van der Waals surface area contributed by atoms with Gasteiger partial charge < -0.3 is 10.2 Å². The Kier molecular flexibility index (Phi) is 5.05. The molecule has 0 fully saturated rings. The second kappa shape index (κ2) is 7.66. The minimum Gasteiger partial charge on any atom is -0.363 e. The number of carbonyl (C=O) groups is 1. The van der Waals surface area contributed by atoms with Crippen LogP contribution in [0.3, 0.4) is 0 Å². The molecule has 2 heterocycles. The van der Waals surface area contributed by atoms with E-state index in [4.69, 9.17) is 0 Å². The number of benzene rings is 2. The number of aromatic nitrogens is 1. The van der Waals surface area contributed by atoms with Gasteiger partial charge in [-0.3, -0.25) is 4.79 Å². The predicted octanol–water partition coefficient (Wildman–Crippen LogP) is 5.34. The summed E-state index contributed by atoms with van der Waals surface area (Å²) in [5, 5.41) is 3.36. The van der Waals surface area contributed by atoms with E-state index in [-0.39, 0.29) is 17.8 Å². The van der Waals surface area contributed by atoms with Gasteiger partial charge in [0.1, 0.15) is 11.6 Å². The minimum absolute atomic E-state index is 0.0362. The molecule has 1 aliphatic heterocycles. The molecule has 4 rings (SSSR count). The van der Waals surface area contributed by atoms with E-state index in [1.165, 1.54) is 0 Å². The van der Waals surface area contributed by atoms with Crippen molar-refractivity contribution in [1.82, 2.24) is 9.88 Å². The van der Waals surface area contributed by atoms with Gasteiger partial charge in [-0.1, -0.05) is 42.0 Å². The minimum atomic E-state index is -0.251. The Morgan fingerprint density at radius 3 is 2.59 bits per heavy atom. The first-order valence-electron chi connectivity index (χ1n) is 9.88. The van der Waals surface area contributed by atoms with Crippen molar-refractivity contribution in [3.63, 3.8) is 0 Å². The maximum Gasteiger partial charge on any atom is 0.254 e. The number of rotatable bonds is 5. The van der Waals surface area contributed by atoms with Gasteiger partial charge in [0.15, 0.2) is 0 Å². The molecule has 1 aromatic heterocycles. The highest BCUT2D eigenvalue weighted by molar-refractivity contribution is 5.99. The fourth-order valence-corrected chi connectivity index (χ4v) is 3.72. The van der Waals surface area contributed by atoms with Crippen LogP contribution in [0.25, 0.3) is 11.1 Å². The zero-order valence-corrected chi connectivity index (χ0v) is 16.9. The number of hydrogen-bond donors (Lipinski definition) is 1. The fourth-order valence-electron chi connectivity index (χ4n) is 3.72. The first-order valence-corrected chi connectivity index (χ1v) is 9.88. The molecule has 0 radical (unpaired) electrons. The number of nitrogens with zero attached hydrogens (tertiary/aromatic N) is 2. The summed E-state index contributed by atoms with van der Waals surface area (Å²) in [6.45, 7) is 7.15. The number of hydrogen-bond acceptors (Lipinski definition) is 3. The van der Waals surface area contributed by atoms with E-state index in [2.05, 4.69) is 10.3 Å². The second-order valence-electron chi connectivity index (χ2n) is 7.48. The maximum atomic E-state index is 14.8. The number of aryl methyl sites for hydroxylation is 1. The van der Waals surface area contributed by atoms with Crippen LogP contribution in [-0.4, -0.2) is 22.3 Å². The Labute approximate surface area is 170 Å². The number of fused-ring (bicyclic) bond motifs is 1. The summed E-state index contributed by atoms with van der Waals surface area (Å²) in [7, 11) is 0. The van der Waals surface area contributed by atoms with Gasteiger partial charge in [-0.05, 0) is 44.0 Å². The van der Waals surface area contributed by atoms with Crippen LogP contribution in [0.5, 0.6) is 0 Å². The summed E-state index contributed by atoms with van der Waals surface area (Å²) in [4.78, 5) is 18.6. The van der Waals surface area contributed by atoms with Gasteiger partial charge in [0, 0.05) is 29.4 Å². The topological polar surface area (TPSA) is 45.2 Å². The van der Waals surface area contributed by atoms with Crippen LogP contribution < -0.4 is 5.32 Å². The molecular weight excluding hydrogens is 365 g/mol. The van der Waals surface area contributed by atoms with Gasteiger partial charge in [-0.2, -0.15) is 0 Å². The second-order valence-corrected chi connectivity index (χ2v) is 7.48. The van der Waals surface area contributed by atoms with E-state index < -0.39 is 0 Å². The molecule has 0 spiro atoms. The molecule has 1 atom stereocenters. The first kappa shape index (κ1) is 19.1. The van der Waals surface area contributed by atoms with Crippen molar-refractivity contribution in [3.8, 4) is 11.1 Å². The molecule has 0 saturated carbocycles. The van der Waals surface area contributed by atoms with Gasteiger partial charge in [-0.25, -0.2) is 9.37 Å². The Morgan fingerprint density at radius 1 is 1.14 bits per heavy atom. The monoisotopic (exact) mass is 389 g/mol. The Bertz CT molecular complexity index is 1060. The lowest BCUT2D eigenvalue weighted by molar-refractivity contribution is 0.0787. The molecule has 0 saturated heterocycles. The van der Waals surface area contributed by atoms with Crippen molar-refractivity contribution in [2.24, 2.45) is 0 Å². The third-order valence-corrected chi connectivity index (χ3v) is 5.51. The SMILES string of the molecule is CCN1Cc2c(ccnc2NC(C)c2ccc(-c3ccc(C)cc3)c(F)c2)C1=O. The molecular formula is C24H24FN3O. The summed E-state index contributed by atoms with van der Waals surface area (Å²) < 4.78 is 14.8. The van der Waals surface area contributed by atoms with Crippen LogP contribution >= 0.6 is 0 Å². The van der Waals surface area contributed by atoms with Gasteiger partial charge in [-0.15, -0.1) is 0 Å². The number of amides is 1. The average Bonchev–Trinajstić information content (AvgIpc) is 3.05. The van der Waals surface area contributed by atoms with Crippen LogP contribution in [0.15, 0.2) is 54.7 Å². The van der Waals surface area contributed by atoms with Crippen LogP contribution in [-0.2, 0) is 6.54 Å². The van der Waals surface area contributed by atoms with Gasteiger partial charge >= 0.3 is 0 Å². The quantitative estimate of drug-likeness (QED) is 0.640. The number of halogens is 1. The summed E-state index contributed by atoms with van der Waals surface area (Å²) in [6.07, 6.45) is 1.64. The van der Waals surface area contributed by atoms with Crippen LogP contribution in [0.1, 0.15) is 46.9 Å². The lowest BCUT2D eigenvalue weighted by Gasteiger charge is -2.18. The number of pyridine rings is 1. The average molecular weight is 389 g/mol. The molecule has 1 unspecified atom stereocenters. The van der Waals surface area contributed by atoms with Gasteiger partial charge in [0.25, 0.3) is 5.91 Å². The maximum absolute atomic E-state index is 14.8. The smallest absolute Gasteiger partial charge is 0.254 e. The van der Waals surface area contributed by atoms with E-state index in [1.807, 2.05) is 57.2 Å². The predicted molar refractivity (Wildman–Crippen MR) is 113 cm³/mol. The van der Waals surface area contributed by atoms with Gasteiger partial charge in [0.05, 0.1) is 12.6 Å². The highest BCUT2D eigenvalue weighted by Crippen LogP contribution is 2.31. The summed E-state index contributed by atoms with van der Waals surface area (Å²) in [5.41, 5.74) is 5.02. The summed E-state index contributed by atoms with van der Waals surface area (Å²) in [5.74, 6) is 0.468. The van der Waals surface area contributed by atoms with Crippen molar-refractivity contribution in [3.05, 3.63) is 82.8 Å². The van der Waals surface area contributed by atoms with Crippen LogP contribution in [0.4, 0.5) is 10.2 Å². The third kappa shape index (κ3) is 3.60. The summed E-state index contributed by atoms with van der Waals surface area (Å²) in [6, 6.07) is 14.8. The Hall–Kier alpha value is -3.21. The number of anilines is 1. The van der Waals surface area contributed by atoms with E-state index >= 15 is 0 Å². The van der Waals surface area contributed by atoms with Gasteiger partial charge in [0.2, 0.25) is 0 Å². The molecule has 5 heteroatoms. The molecule has 2 aromatic carbocycles. The molecule has 0 bridgehead atoms. The first-order chi connectivity index (χ1) is 14.0. The normalized spacial score (nSPS) is 14.1. The summed E-state index contributed by atoms with van der Waals surface area (Å²) >= 11 is 0. The third-order valence-electron chi connectivity index (χ3n) is 5.51. The number of nitrogens with one attached hydrogen (secondary N) is 1. The standard InChI is InChI=1S/C24H24FN3O/c1-4-28-14-21-20(24(28)29)11-12-26-23(21)27-16(3)18-9-10-19(22(25)13-18)17-7-5-15(2)6-8-17/h5-13,16H,4,14H2,1-3H3,(H,26,27). The Balaban J connectivity index is 1.57. The fraction of sp³-hybridized carbons (Fsp3) is 0.250. The van der Waals surface area contributed by atoms with E-state index in [0.717, 1.165) is 22.3 Å².